The number of thiophene rings is 1. The van der Waals surface area contributed by atoms with E-state index in [9.17, 15) is 14.4 Å². The fourth-order valence-corrected chi connectivity index (χ4v) is 6.69. The highest BCUT2D eigenvalue weighted by molar-refractivity contribution is 7.09. The Labute approximate surface area is 287 Å². The third kappa shape index (κ3) is 9.82. The molecule has 3 heterocycles. The van der Waals surface area contributed by atoms with E-state index in [1.807, 2.05) is 72.1 Å². The first-order valence-corrected chi connectivity index (χ1v) is 17.4. The van der Waals surface area contributed by atoms with Gasteiger partial charge in [0, 0.05) is 56.8 Å². The minimum atomic E-state index is -0.839. The Morgan fingerprint density at radius 3 is 2.33 bits per heavy atom. The zero-order valence-corrected chi connectivity index (χ0v) is 28.5. The number of ether oxygens (including phenoxy) is 1. The molecular weight excluding hydrogens is 623 g/mol. The van der Waals surface area contributed by atoms with Crippen molar-refractivity contribution in [3.05, 3.63) is 113 Å². The molecule has 1 aliphatic rings. The molecule has 0 unspecified atom stereocenters. The van der Waals surface area contributed by atoms with E-state index in [2.05, 4.69) is 27.8 Å². The summed E-state index contributed by atoms with van der Waals surface area (Å²) in [6.45, 7) is 1.71. The van der Waals surface area contributed by atoms with Crippen LogP contribution >= 0.6 is 11.3 Å². The summed E-state index contributed by atoms with van der Waals surface area (Å²) in [6.07, 6.45) is 6.88. The Kier molecular flexibility index (Phi) is 12.9. The molecule has 0 saturated carbocycles. The van der Waals surface area contributed by atoms with Gasteiger partial charge in [-0.05, 0) is 71.6 Å². The summed E-state index contributed by atoms with van der Waals surface area (Å²) < 4.78 is 5.80. The van der Waals surface area contributed by atoms with Gasteiger partial charge < -0.3 is 25.2 Å². The number of nitrogens with zero attached hydrogens (tertiary/aromatic N) is 3. The zero-order valence-electron chi connectivity index (χ0n) is 27.7. The molecule has 5 rings (SSSR count). The Morgan fingerprint density at radius 2 is 1.65 bits per heavy atom. The fourth-order valence-electron chi connectivity index (χ4n) is 5.95. The number of hydrogen-bond donors (Lipinski definition) is 2. The Morgan fingerprint density at radius 1 is 0.896 bits per heavy atom. The van der Waals surface area contributed by atoms with Crippen molar-refractivity contribution in [2.24, 2.45) is 0 Å². The summed E-state index contributed by atoms with van der Waals surface area (Å²) in [6, 6.07) is 24.6. The van der Waals surface area contributed by atoms with Gasteiger partial charge in [0.1, 0.15) is 18.7 Å². The monoisotopic (exact) mass is 667 g/mol. The van der Waals surface area contributed by atoms with Crippen LogP contribution in [0, 0.1) is 0 Å². The lowest BCUT2D eigenvalue weighted by molar-refractivity contribution is -0.149. The smallest absolute Gasteiger partial charge is 0.249 e. The molecule has 10 heteroatoms. The predicted octanol–water partition coefficient (Wildman–Crippen LogP) is 4.38. The molecule has 1 saturated heterocycles. The van der Waals surface area contributed by atoms with Gasteiger partial charge in [0.25, 0.3) is 0 Å². The number of pyridine rings is 1. The molecule has 3 amide bonds. The summed E-state index contributed by atoms with van der Waals surface area (Å²) >= 11 is 1.55. The Balaban J connectivity index is 1.33. The van der Waals surface area contributed by atoms with Crippen molar-refractivity contribution in [3.8, 4) is 11.1 Å². The van der Waals surface area contributed by atoms with Crippen LogP contribution in [0.15, 0.2) is 96.6 Å². The standard InChI is InChI=1S/C38H45N5O4S/c1-42(36(44)27-47-26-32-10-6-19-40-32)35(24-29-12-14-31(15-13-29)30-8-4-3-5-9-30)38(46)43(2)34(25-33-11-7-23-48-33)37(45)41-22-18-28-16-20-39-21-17-28/h3-5,7-9,11-17,20-21,23,32,34-35,40H,6,10,18-19,22,24-27H2,1-2H3,(H,41,45)/t32-,34-,35-/m1/s1. The van der Waals surface area contributed by atoms with Crippen molar-refractivity contribution in [2.75, 3.05) is 40.4 Å². The lowest BCUT2D eigenvalue weighted by Gasteiger charge is -2.34. The molecule has 0 bridgehead atoms. The predicted molar refractivity (Wildman–Crippen MR) is 190 cm³/mol. The van der Waals surface area contributed by atoms with Gasteiger partial charge in [-0.25, -0.2) is 0 Å². The highest BCUT2D eigenvalue weighted by Gasteiger charge is 2.35. The molecule has 2 N–H and O–H groups in total. The van der Waals surface area contributed by atoms with E-state index >= 15 is 0 Å². The lowest BCUT2D eigenvalue weighted by atomic mass is 9.98. The average molecular weight is 668 g/mol. The number of nitrogens with one attached hydrogen (secondary N) is 2. The molecule has 2 aromatic heterocycles. The normalized spacial score (nSPS) is 15.4. The van der Waals surface area contributed by atoms with Crippen LogP contribution in [0.25, 0.3) is 11.1 Å². The molecule has 3 atom stereocenters. The van der Waals surface area contributed by atoms with Gasteiger partial charge in [-0.3, -0.25) is 19.4 Å². The van der Waals surface area contributed by atoms with E-state index in [1.54, 1.807) is 37.8 Å². The van der Waals surface area contributed by atoms with E-state index in [1.165, 1.54) is 9.80 Å². The number of carbonyl (C=O) groups is 3. The first-order valence-electron chi connectivity index (χ1n) is 16.6. The van der Waals surface area contributed by atoms with Crippen LogP contribution in [0.1, 0.15) is 28.8 Å². The molecule has 1 fully saturated rings. The maximum Gasteiger partial charge on any atom is 0.249 e. The van der Waals surface area contributed by atoms with Gasteiger partial charge in [0.2, 0.25) is 17.7 Å². The maximum atomic E-state index is 14.4. The van der Waals surface area contributed by atoms with Gasteiger partial charge in [-0.1, -0.05) is 60.7 Å². The molecule has 0 aliphatic carbocycles. The molecule has 252 valence electrons. The number of likely N-dealkylation sites (N-methyl/N-ethyl adjacent to an activating group) is 2. The van der Waals surface area contributed by atoms with Gasteiger partial charge in [0.05, 0.1) is 6.61 Å². The van der Waals surface area contributed by atoms with Crippen LogP contribution in [0.3, 0.4) is 0 Å². The quantitative estimate of drug-likeness (QED) is 0.184. The van der Waals surface area contributed by atoms with Crippen LogP contribution in [0.2, 0.25) is 0 Å². The summed E-state index contributed by atoms with van der Waals surface area (Å²) in [5.74, 6) is -0.820. The summed E-state index contributed by atoms with van der Waals surface area (Å²) in [7, 11) is 3.31. The summed E-state index contributed by atoms with van der Waals surface area (Å²) in [5, 5.41) is 8.38. The third-order valence-corrected chi connectivity index (χ3v) is 9.80. The van der Waals surface area contributed by atoms with Crippen LogP contribution in [-0.2, 0) is 38.4 Å². The number of aromatic nitrogens is 1. The largest absolute Gasteiger partial charge is 0.370 e. The molecule has 0 spiro atoms. The molecule has 9 nitrogen and oxygen atoms in total. The number of carbonyl (C=O) groups excluding carboxylic acids is 3. The second kappa shape index (κ2) is 17.7. The van der Waals surface area contributed by atoms with Crippen molar-refractivity contribution in [1.82, 2.24) is 25.4 Å². The second-order valence-electron chi connectivity index (χ2n) is 12.2. The van der Waals surface area contributed by atoms with Crippen molar-refractivity contribution in [1.29, 1.82) is 0 Å². The molecule has 1 aliphatic heterocycles. The Bertz CT molecular complexity index is 1580. The molecule has 0 radical (unpaired) electrons. The van der Waals surface area contributed by atoms with E-state index in [0.717, 1.165) is 46.5 Å². The van der Waals surface area contributed by atoms with Gasteiger partial charge in [0.15, 0.2) is 0 Å². The van der Waals surface area contributed by atoms with Crippen molar-refractivity contribution in [3.63, 3.8) is 0 Å². The Hall–Kier alpha value is -4.38. The minimum Gasteiger partial charge on any atom is -0.370 e. The van der Waals surface area contributed by atoms with Crippen LogP contribution in [0.5, 0.6) is 0 Å². The highest BCUT2D eigenvalue weighted by atomic mass is 32.1. The van der Waals surface area contributed by atoms with Crippen molar-refractivity contribution >= 4 is 29.1 Å². The average Bonchev–Trinajstić information content (AvgIpc) is 3.85. The van der Waals surface area contributed by atoms with E-state index in [4.69, 9.17) is 4.74 Å². The van der Waals surface area contributed by atoms with E-state index in [-0.39, 0.29) is 30.4 Å². The SMILES string of the molecule is CN(C(=O)COC[C@H]1CCCN1)[C@H](Cc1ccc(-c2ccccc2)cc1)C(=O)N(C)[C@H](Cc1cccs1)C(=O)NCCc1ccncc1. The van der Waals surface area contributed by atoms with Crippen LogP contribution < -0.4 is 10.6 Å². The molecule has 48 heavy (non-hydrogen) atoms. The topological polar surface area (TPSA) is 104 Å². The van der Waals surface area contributed by atoms with E-state index in [0.29, 0.717) is 32.4 Å². The van der Waals surface area contributed by atoms with Crippen LogP contribution in [-0.4, -0.2) is 91.0 Å². The van der Waals surface area contributed by atoms with Crippen molar-refractivity contribution in [2.45, 2.75) is 50.2 Å². The zero-order chi connectivity index (χ0) is 33.7. The van der Waals surface area contributed by atoms with Gasteiger partial charge in [-0.15, -0.1) is 11.3 Å². The highest BCUT2D eigenvalue weighted by Crippen LogP contribution is 2.22. The number of benzene rings is 2. The van der Waals surface area contributed by atoms with E-state index < -0.39 is 12.1 Å². The van der Waals surface area contributed by atoms with Gasteiger partial charge >= 0.3 is 0 Å². The third-order valence-electron chi connectivity index (χ3n) is 8.90. The molecule has 2 aromatic carbocycles. The lowest BCUT2D eigenvalue weighted by Crippen LogP contribution is -2.56. The molecule has 4 aromatic rings. The van der Waals surface area contributed by atoms with Gasteiger partial charge in [-0.2, -0.15) is 0 Å². The second-order valence-corrected chi connectivity index (χ2v) is 13.3. The summed E-state index contributed by atoms with van der Waals surface area (Å²) in [5.41, 5.74) is 4.14. The molecular formula is C38H45N5O4S. The fraction of sp³-hybridized carbons (Fsp3) is 0.368. The summed E-state index contributed by atoms with van der Waals surface area (Å²) in [4.78, 5) is 49.7. The number of rotatable bonds is 16. The maximum absolute atomic E-state index is 14.4. The minimum absolute atomic E-state index is 0.122. The first-order chi connectivity index (χ1) is 23.4. The first kappa shape index (κ1) is 34.9. The number of amides is 3. The van der Waals surface area contributed by atoms with Crippen LogP contribution in [0.4, 0.5) is 0 Å². The number of hydrogen-bond acceptors (Lipinski definition) is 7. The van der Waals surface area contributed by atoms with Crippen molar-refractivity contribution < 1.29 is 19.1 Å².